The molecule has 1 fully saturated rings. The summed E-state index contributed by atoms with van der Waals surface area (Å²) >= 11 is 1.35. The SMILES string of the molecule is CN1CCC(Sc2cc(F)ccc2N)C1=O. The fraction of sp³-hybridized carbons (Fsp3) is 0.364. The van der Waals surface area contributed by atoms with Crippen LogP contribution in [-0.2, 0) is 4.79 Å². The molecule has 0 spiro atoms. The van der Waals surface area contributed by atoms with E-state index in [1.807, 2.05) is 0 Å². The van der Waals surface area contributed by atoms with Gasteiger partial charge in [0.1, 0.15) is 5.82 Å². The molecule has 2 N–H and O–H groups in total. The number of nitrogens with zero attached hydrogens (tertiary/aromatic N) is 1. The van der Waals surface area contributed by atoms with Crippen LogP contribution in [0, 0.1) is 5.82 Å². The smallest absolute Gasteiger partial charge is 0.235 e. The minimum atomic E-state index is -0.324. The number of benzene rings is 1. The number of likely N-dealkylation sites (tertiary alicyclic amines) is 1. The average molecular weight is 240 g/mol. The van der Waals surface area contributed by atoms with Gasteiger partial charge in [0.25, 0.3) is 0 Å². The Balaban J connectivity index is 2.15. The molecule has 3 nitrogen and oxygen atoms in total. The predicted molar refractivity (Wildman–Crippen MR) is 62.7 cm³/mol. The molecule has 1 atom stereocenters. The quantitative estimate of drug-likeness (QED) is 0.801. The van der Waals surface area contributed by atoms with Crippen LogP contribution >= 0.6 is 11.8 Å². The van der Waals surface area contributed by atoms with Gasteiger partial charge < -0.3 is 10.6 Å². The first-order valence-electron chi connectivity index (χ1n) is 5.04. The van der Waals surface area contributed by atoms with E-state index in [0.29, 0.717) is 10.6 Å². The van der Waals surface area contributed by atoms with Crippen molar-refractivity contribution >= 4 is 23.4 Å². The number of nitrogen functional groups attached to an aromatic ring is 1. The standard InChI is InChI=1S/C11H13FN2OS/c1-14-5-4-9(11(14)15)16-10-6-7(12)2-3-8(10)13/h2-3,6,9H,4-5,13H2,1H3. The van der Waals surface area contributed by atoms with E-state index in [9.17, 15) is 9.18 Å². The molecule has 1 amide bonds. The maximum absolute atomic E-state index is 13.0. The first-order valence-corrected chi connectivity index (χ1v) is 5.92. The van der Waals surface area contributed by atoms with Gasteiger partial charge in [-0.3, -0.25) is 4.79 Å². The highest BCUT2D eigenvalue weighted by Gasteiger charge is 2.30. The summed E-state index contributed by atoms with van der Waals surface area (Å²) in [5, 5.41) is -0.130. The number of thioether (sulfide) groups is 1. The van der Waals surface area contributed by atoms with Crippen molar-refractivity contribution in [2.45, 2.75) is 16.6 Å². The fourth-order valence-corrected chi connectivity index (χ4v) is 2.86. The molecule has 2 rings (SSSR count). The van der Waals surface area contributed by atoms with Crippen molar-refractivity contribution < 1.29 is 9.18 Å². The molecule has 1 unspecified atom stereocenters. The average Bonchev–Trinajstić information content (AvgIpc) is 2.55. The number of halogens is 1. The van der Waals surface area contributed by atoms with Gasteiger partial charge in [0.2, 0.25) is 5.91 Å². The van der Waals surface area contributed by atoms with Crippen LogP contribution in [0.15, 0.2) is 23.1 Å². The molecule has 86 valence electrons. The number of rotatable bonds is 2. The number of anilines is 1. The molecular formula is C11H13FN2OS. The Labute approximate surface area is 97.8 Å². The first-order chi connectivity index (χ1) is 7.58. The number of carbonyl (C=O) groups is 1. The Morgan fingerprint density at radius 2 is 2.31 bits per heavy atom. The Kier molecular flexibility index (Phi) is 3.05. The summed E-state index contributed by atoms with van der Waals surface area (Å²) in [7, 11) is 1.78. The van der Waals surface area contributed by atoms with Crippen molar-refractivity contribution in [1.29, 1.82) is 0 Å². The number of hydrogen-bond acceptors (Lipinski definition) is 3. The summed E-state index contributed by atoms with van der Waals surface area (Å²) in [6, 6.07) is 4.23. The topological polar surface area (TPSA) is 46.3 Å². The number of amides is 1. The Morgan fingerprint density at radius 3 is 2.94 bits per heavy atom. The molecule has 0 aliphatic carbocycles. The fourth-order valence-electron chi connectivity index (χ4n) is 1.66. The molecule has 5 heteroatoms. The van der Waals surface area contributed by atoms with Gasteiger partial charge in [0.15, 0.2) is 0 Å². The number of nitrogens with two attached hydrogens (primary N) is 1. The molecule has 1 aromatic carbocycles. The minimum absolute atomic E-state index is 0.0914. The Hall–Kier alpha value is -1.23. The normalized spacial score (nSPS) is 20.5. The molecule has 1 heterocycles. The highest BCUT2D eigenvalue weighted by Crippen LogP contribution is 2.33. The van der Waals surface area contributed by atoms with Gasteiger partial charge in [-0.25, -0.2) is 4.39 Å². The van der Waals surface area contributed by atoms with Gasteiger partial charge in [-0.05, 0) is 24.6 Å². The van der Waals surface area contributed by atoms with Crippen molar-refractivity contribution in [3.63, 3.8) is 0 Å². The molecule has 1 aliphatic rings. The van der Waals surface area contributed by atoms with Gasteiger partial charge in [-0.1, -0.05) is 0 Å². The summed E-state index contributed by atoms with van der Waals surface area (Å²) < 4.78 is 13.0. The van der Waals surface area contributed by atoms with Crippen LogP contribution in [0.1, 0.15) is 6.42 Å². The molecule has 0 bridgehead atoms. The van der Waals surface area contributed by atoms with E-state index in [1.165, 1.54) is 30.0 Å². The summed E-state index contributed by atoms with van der Waals surface area (Å²) in [6.07, 6.45) is 0.788. The van der Waals surface area contributed by atoms with Crippen LogP contribution in [0.3, 0.4) is 0 Å². The third-order valence-corrected chi connectivity index (χ3v) is 3.95. The van der Waals surface area contributed by atoms with Gasteiger partial charge in [-0.15, -0.1) is 11.8 Å². The second-order valence-corrected chi connectivity index (χ2v) is 5.08. The van der Waals surface area contributed by atoms with E-state index in [-0.39, 0.29) is 17.0 Å². The van der Waals surface area contributed by atoms with Crippen molar-refractivity contribution in [2.24, 2.45) is 0 Å². The van der Waals surface area contributed by atoms with E-state index >= 15 is 0 Å². The lowest BCUT2D eigenvalue weighted by Crippen LogP contribution is -2.23. The molecule has 0 saturated carbocycles. The van der Waals surface area contributed by atoms with Crippen LogP contribution in [-0.4, -0.2) is 29.6 Å². The van der Waals surface area contributed by atoms with E-state index in [2.05, 4.69) is 0 Å². The zero-order valence-electron chi connectivity index (χ0n) is 8.94. The third kappa shape index (κ3) is 2.14. The van der Waals surface area contributed by atoms with Crippen LogP contribution in [0.25, 0.3) is 0 Å². The van der Waals surface area contributed by atoms with Crippen LogP contribution in [0.4, 0.5) is 10.1 Å². The highest BCUT2D eigenvalue weighted by molar-refractivity contribution is 8.00. The van der Waals surface area contributed by atoms with Gasteiger partial charge in [-0.2, -0.15) is 0 Å². The van der Waals surface area contributed by atoms with Crippen molar-refractivity contribution in [3.05, 3.63) is 24.0 Å². The maximum Gasteiger partial charge on any atom is 0.235 e. The largest absolute Gasteiger partial charge is 0.398 e. The predicted octanol–water partition coefficient (Wildman–Crippen LogP) is 1.73. The molecular weight excluding hydrogens is 227 g/mol. The second-order valence-electron chi connectivity index (χ2n) is 3.84. The van der Waals surface area contributed by atoms with Gasteiger partial charge in [0.05, 0.1) is 5.25 Å². The zero-order chi connectivity index (χ0) is 11.7. The molecule has 16 heavy (non-hydrogen) atoms. The van der Waals surface area contributed by atoms with Crippen molar-refractivity contribution in [1.82, 2.24) is 4.90 Å². The van der Waals surface area contributed by atoms with Crippen LogP contribution < -0.4 is 5.73 Å². The lowest BCUT2D eigenvalue weighted by Gasteiger charge is -2.11. The molecule has 0 radical (unpaired) electrons. The summed E-state index contributed by atoms with van der Waals surface area (Å²) in [4.78, 5) is 14.0. The van der Waals surface area contributed by atoms with E-state index in [4.69, 9.17) is 5.73 Å². The van der Waals surface area contributed by atoms with E-state index in [1.54, 1.807) is 11.9 Å². The first kappa shape index (κ1) is 11.3. The van der Waals surface area contributed by atoms with Gasteiger partial charge >= 0.3 is 0 Å². The highest BCUT2D eigenvalue weighted by atomic mass is 32.2. The van der Waals surface area contributed by atoms with Crippen molar-refractivity contribution in [3.8, 4) is 0 Å². The Morgan fingerprint density at radius 1 is 1.56 bits per heavy atom. The van der Waals surface area contributed by atoms with Crippen molar-refractivity contribution in [2.75, 3.05) is 19.3 Å². The monoisotopic (exact) mass is 240 g/mol. The lowest BCUT2D eigenvalue weighted by atomic mass is 10.3. The number of carbonyl (C=O) groups excluding carboxylic acids is 1. The van der Waals surface area contributed by atoms with Crippen LogP contribution in [0.5, 0.6) is 0 Å². The summed E-state index contributed by atoms with van der Waals surface area (Å²) in [5.41, 5.74) is 6.26. The maximum atomic E-state index is 13.0. The summed E-state index contributed by atoms with van der Waals surface area (Å²) in [5.74, 6) is -0.232. The Bertz CT molecular complexity index is 424. The number of hydrogen-bond donors (Lipinski definition) is 1. The van der Waals surface area contributed by atoms with E-state index in [0.717, 1.165) is 13.0 Å². The van der Waals surface area contributed by atoms with Gasteiger partial charge in [0, 0.05) is 24.2 Å². The molecule has 1 aliphatic heterocycles. The molecule has 1 saturated heterocycles. The lowest BCUT2D eigenvalue weighted by molar-refractivity contribution is -0.126. The molecule has 0 aromatic heterocycles. The van der Waals surface area contributed by atoms with E-state index < -0.39 is 0 Å². The third-order valence-electron chi connectivity index (χ3n) is 2.62. The molecule has 1 aromatic rings. The van der Waals surface area contributed by atoms with Crippen LogP contribution in [0.2, 0.25) is 0 Å². The minimum Gasteiger partial charge on any atom is -0.398 e. The second kappa shape index (κ2) is 4.33. The summed E-state index contributed by atoms with van der Waals surface area (Å²) in [6.45, 7) is 0.756. The zero-order valence-corrected chi connectivity index (χ0v) is 9.76.